The van der Waals surface area contributed by atoms with Crippen molar-refractivity contribution in [3.63, 3.8) is 0 Å². The number of hydrogen-bond acceptors (Lipinski definition) is 6. The van der Waals surface area contributed by atoms with Gasteiger partial charge in [0.05, 0.1) is 12.0 Å². The van der Waals surface area contributed by atoms with E-state index in [1.165, 1.54) is 20.1 Å². The van der Waals surface area contributed by atoms with Crippen molar-refractivity contribution in [2.75, 3.05) is 12.4 Å². The highest BCUT2D eigenvalue weighted by molar-refractivity contribution is 7.89. The van der Waals surface area contributed by atoms with Crippen LogP contribution in [0.2, 0.25) is 0 Å². The second-order valence-corrected chi connectivity index (χ2v) is 8.96. The maximum Gasteiger partial charge on any atom is 0.276 e. The summed E-state index contributed by atoms with van der Waals surface area (Å²) in [6.07, 6.45) is 0. The number of carbonyl (C=O) groups excluding carboxylic acids is 1. The summed E-state index contributed by atoms with van der Waals surface area (Å²) in [6, 6.07) is 18.5. The highest BCUT2D eigenvalue weighted by Gasteiger charge is 2.17. The molecule has 0 aliphatic rings. The molecule has 1 heterocycles. The molecule has 1 amide bonds. The molecule has 4 rings (SSSR count). The van der Waals surface area contributed by atoms with Crippen LogP contribution in [0.1, 0.15) is 15.9 Å². The number of aryl methyl sites for hydroxylation is 1. The normalized spacial score (nSPS) is 11.9. The molecule has 0 fully saturated rings. The Bertz CT molecular complexity index is 1550. The van der Waals surface area contributed by atoms with E-state index in [-0.39, 0.29) is 21.6 Å². The molecule has 1 aromatic heterocycles. The smallest absolute Gasteiger partial charge is 0.276 e. The van der Waals surface area contributed by atoms with Crippen LogP contribution in [0.25, 0.3) is 11.0 Å². The predicted octanol–water partition coefficient (Wildman–Crippen LogP) is 3.94. The van der Waals surface area contributed by atoms with E-state index in [4.69, 9.17) is 9.15 Å². The Labute approximate surface area is 194 Å². The van der Waals surface area contributed by atoms with E-state index in [2.05, 4.69) is 15.2 Å². The number of fused-ring (bicyclic) bond motifs is 1. The minimum Gasteiger partial charge on any atom is -0.497 e. The Balaban J connectivity index is 1.73. The molecule has 10 heteroatoms. The zero-order valence-corrected chi connectivity index (χ0v) is 19.0. The van der Waals surface area contributed by atoms with Crippen molar-refractivity contribution in [2.45, 2.75) is 11.8 Å². The second kappa shape index (κ2) is 9.36. The average molecular weight is 482 g/mol. The number of methoxy groups -OCH3 is 1. The highest BCUT2D eigenvalue weighted by atomic mass is 32.2. The molecule has 0 saturated carbocycles. The van der Waals surface area contributed by atoms with Gasteiger partial charge in [-0.3, -0.25) is 4.79 Å². The van der Waals surface area contributed by atoms with Crippen LogP contribution in [0, 0.1) is 12.7 Å². The largest absolute Gasteiger partial charge is 0.497 e. The summed E-state index contributed by atoms with van der Waals surface area (Å²) in [6.45, 7) is 1.45. The van der Waals surface area contributed by atoms with Crippen molar-refractivity contribution in [1.82, 2.24) is 4.83 Å². The van der Waals surface area contributed by atoms with Gasteiger partial charge >= 0.3 is 0 Å². The first kappa shape index (κ1) is 23.0. The van der Waals surface area contributed by atoms with Gasteiger partial charge in [-0.2, -0.15) is 13.2 Å². The van der Waals surface area contributed by atoms with Crippen LogP contribution in [0.5, 0.6) is 5.75 Å². The number of ether oxygens (including phenoxy) is 1. The van der Waals surface area contributed by atoms with Gasteiger partial charge in [-0.15, -0.1) is 5.10 Å². The van der Waals surface area contributed by atoms with Crippen molar-refractivity contribution >= 4 is 32.6 Å². The first-order valence-corrected chi connectivity index (χ1v) is 11.5. The Hall–Kier alpha value is -4.18. The summed E-state index contributed by atoms with van der Waals surface area (Å²) in [4.78, 5) is 14.9. The predicted molar refractivity (Wildman–Crippen MR) is 124 cm³/mol. The Kier molecular flexibility index (Phi) is 6.33. The van der Waals surface area contributed by atoms with Crippen LogP contribution < -0.4 is 20.4 Å². The fourth-order valence-corrected chi connectivity index (χ4v) is 4.01. The van der Waals surface area contributed by atoms with Crippen molar-refractivity contribution < 1.29 is 26.8 Å². The SMILES string of the molecule is COc1ccc(NC(=O)c2cc3ccccc3o/c2=N/NS(=O)(=O)c2ccc(F)c(C)c2)cc1. The van der Waals surface area contributed by atoms with E-state index in [0.29, 0.717) is 22.4 Å². The van der Waals surface area contributed by atoms with Gasteiger partial charge in [0.25, 0.3) is 15.9 Å². The number of halogens is 1. The van der Waals surface area contributed by atoms with E-state index < -0.39 is 21.7 Å². The molecule has 0 aliphatic carbocycles. The summed E-state index contributed by atoms with van der Waals surface area (Å²) in [7, 11) is -2.62. The van der Waals surface area contributed by atoms with Gasteiger partial charge in [-0.05, 0) is 67.1 Å². The van der Waals surface area contributed by atoms with Gasteiger partial charge in [0.15, 0.2) is 0 Å². The molecular formula is C24H20FN3O5S. The molecule has 0 spiro atoms. The summed E-state index contributed by atoms with van der Waals surface area (Å²) in [5.41, 5.74) is 0.823. The van der Waals surface area contributed by atoms with Crippen molar-refractivity contribution in [3.05, 3.63) is 95.3 Å². The number of benzene rings is 3. The minimum absolute atomic E-state index is 0.00695. The fraction of sp³-hybridized carbons (Fsp3) is 0.0833. The number of sulfonamides is 1. The lowest BCUT2D eigenvalue weighted by molar-refractivity contribution is 0.102. The van der Waals surface area contributed by atoms with Gasteiger partial charge < -0.3 is 14.5 Å². The topological polar surface area (TPSA) is 110 Å². The summed E-state index contributed by atoms with van der Waals surface area (Å²) in [5, 5.41) is 7.21. The van der Waals surface area contributed by atoms with Crippen LogP contribution in [0.4, 0.5) is 10.1 Å². The molecule has 2 N–H and O–H groups in total. The van der Waals surface area contributed by atoms with E-state index in [1.807, 2.05) is 0 Å². The van der Waals surface area contributed by atoms with E-state index in [0.717, 1.165) is 12.1 Å². The molecule has 0 unspecified atom stereocenters. The van der Waals surface area contributed by atoms with Crippen LogP contribution in [-0.2, 0) is 10.0 Å². The third kappa shape index (κ3) is 4.91. The molecule has 174 valence electrons. The van der Waals surface area contributed by atoms with E-state index >= 15 is 0 Å². The number of anilines is 1. The van der Waals surface area contributed by atoms with E-state index in [9.17, 15) is 17.6 Å². The van der Waals surface area contributed by atoms with Gasteiger partial charge in [0.1, 0.15) is 22.7 Å². The number of rotatable bonds is 6. The van der Waals surface area contributed by atoms with Crippen molar-refractivity contribution in [1.29, 1.82) is 0 Å². The van der Waals surface area contributed by atoms with Gasteiger partial charge in [-0.25, -0.2) is 4.39 Å². The van der Waals surface area contributed by atoms with Crippen LogP contribution >= 0.6 is 0 Å². The summed E-state index contributed by atoms with van der Waals surface area (Å²) < 4.78 is 49.8. The standard InChI is InChI=1S/C24H20FN3O5S/c1-15-13-19(11-12-21(15)25)34(30,31)28-27-24-20(14-16-5-3-4-6-22(16)33-24)23(29)26-17-7-9-18(32-2)10-8-17/h3-14,28H,1-2H3,(H,26,29)/b27-24+. The molecule has 0 saturated heterocycles. The van der Waals surface area contributed by atoms with Crippen molar-refractivity contribution in [3.8, 4) is 5.75 Å². The van der Waals surface area contributed by atoms with Gasteiger partial charge in [0, 0.05) is 11.1 Å². The number of carbonyl (C=O) groups is 1. The number of amides is 1. The molecular weight excluding hydrogens is 461 g/mol. The molecule has 4 aromatic rings. The number of nitrogens with one attached hydrogen (secondary N) is 2. The molecule has 0 bridgehead atoms. The lowest BCUT2D eigenvalue weighted by Crippen LogP contribution is -2.27. The minimum atomic E-state index is -4.15. The Morgan fingerprint density at radius 2 is 1.76 bits per heavy atom. The maximum atomic E-state index is 13.5. The van der Waals surface area contributed by atoms with Gasteiger partial charge in [-0.1, -0.05) is 18.2 Å². The molecule has 0 aliphatic heterocycles. The summed E-state index contributed by atoms with van der Waals surface area (Å²) >= 11 is 0. The zero-order chi connectivity index (χ0) is 24.3. The third-order valence-corrected chi connectivity index (χ3v) is 6.16. The average Bonchev–Trinajstić information content (AvgIpc) is 2.84. The Morgan fingerprint density at radius 1 is 1.03 bits per heavy atom. The molecule has 8 nitrogen and oxygen atoms in total. The van der Waals surface area contributed by atoms with E-state index in [1.54, 1.807) is 54.6 Å². The number of nitrogens with zero attached hydrogens (tertiary/aromatic N) is 1. The fourth-order valence-electron chi connectivity index (χ4n) is 3.13. The zero-order valence-electron chi connectivity index (χ0n) is 18.2. The molecule has 0 radical (unpaired) electrons. The quantitative estimate of drug-likeness (QED) is 0.406. The lowest BCUT2D eigenvalue weighted by Gasteiger charge is -2.08. The molecule has 34 heavy (non-hydrogen) atoms. The summed E-state index contributed by atoms with van der Waals surface area (Å²) in [5.74, 6) is -0.465. The highest BCUT2D eigenvalue weighted by Crippen LogP contribution is 2.18. The first-order chi connectivity index (χ1) is 16.3. The van der Waals surface area contributed by atoms with Crippen molar-refractivity contribution in [2.24, 2.45) is 5.10 Å². The first-order valence-electron chi connectivity index (χ1n) is 10.1. The maximum absolute atomic E-state index is 13.5. The number of hydrogen-bond donors (Lipinski definition) is 2. The third-order valence-electron chi connectivity index (χ3n) is 4.96. The second-order valence-electron chi connectivity index (χ2n) is 7.30. The Morgan fingerprint density at radius 3 is 2.47 bits per heavy atom. The lowest BCUT2D eigenvalue weighted by atomic mass is 10.1. The monoisotopic (exact) mass is 481 g/mol. The molecule has 3 aromatic carbocycles. The molecule has 0 atom stereocenters. The van der Waals surface area contributed by atoms with Crippen LogP contribution in [0.3, 0.4) is 0 Å². The number of para-hydroxylation sites is 1. The van der Waals surface area contributed by atoms with Crippen LogP contribution in [-0.4, -0.2) is 21.4 Å². The van der Waals surface area contributed by atoms with Crippen LogP contribution in [0.15, 0.2) is 87.2 Å². The van der Waals surface area contributed by atoms with Gasteiger partial charge in [0.2, 0.25) is 5.55 Å².